The minimum atomic E-state index is -3.89. The lowest BCUT2D eigenvalue weighted by atomic mass is 10.1. The number of amides is 1. The van der Waals surface area contributed by atoms with E-state index in [2.05, 4.69) is 28.7 Å². The second-order valence-electron chi connectivity index (χ2n) is 8.44. The molecular formula is C23H25N3O7S. The van der Waals surface area contributed by atoms with Crippen molar-refractivity contribution in [2.24, 2.45) is 11.8 Å². The fourth-order valence-electron chi connectivity index (χ4n) is 3.49. The molecule has 0 aliphatic heterocycles. The maximum absolute atomic E-state index is 12.8. The van der Waals surface area contributed by atoms with E-state index in [1.165, 1.54) is 23.3 Å². The molecular weight excluding hydrogens is 462 g/mol. The summed E-state index contributed by atoms with van der Waals surface area (Å²) < 4.78 is 23.5. The number of sulfone groups is 1. The van der Waals surface area contributed by atoms with Gasteiger partial charge in [0.25, 0.3) is 11.5 Å². The molecule has 0 radical (unpaired) electrons. The highest BCUT2D eigenvalue weighted by molar-refractivity contribution is 7.92. The van der Waals surface area contributed by atoms with E-state index in [0.29, 0.717) is 16.5 Å². The van der Waals surface area contributed by atoms with Crippen LogP contribution in [-0.2, 0) is 21.2 Å². The zero-order valence-electron chi connectivity index (χ0n) is 18.6. The summed E-state index contributed by atoms with van der Waals surface area (Å²) in [6, 6.07) is 4.83. The van der Waals surface area contributed by atoms with E-state index in [4.69, 9.17) is 10.3 Å². The van der Waals surface area contributed by atoms with Crippen molar-refractivity contribution < 1.29 is 28.6 Å². The lowest BCUT2D eigenvalue weighted by molar-refractivity contribution is -0.131. The molecule has 10 nitrogen and oxygen atoms in total. The molecule has 1 fully saturated rings. The van der Waals surface area contributed by atoms with Gasteiger partial charge in [0.15, 0.2) is 14.6 Å². The number of fused-ring (bicyclic) bond motifs is 1. The number of benzene rings is 1. The third-order valence-corrected chi connectivity index (χ3v) is 8.13. The molecule has 4 N–H and O–H groups in total. The molecule has 1 heterocycles. The van der Waals surface area contributed by atoms with Crippen molar-refractivity contribution in [2.75, 3.05) is 12.9 Å². The molecule has 0 unspecified atom stereocenters. The molecule has 34 heavy (non-hydrogen) atoms. The van der Waals surface area contributed by atoms with E-state index in [-0.39, 0.29) is 31.4 Å². The van der Waals surface area contributed by atoms with Gasteiger partial charge in [-0.25, -0.2) is 18.9 Å². The Labute approximate surface area is 196 Å². The predicted molar refractivity (Wildman–Crippen MR) is 123 cm³/mol. The highest BCUT2D eigenvalue weighted by atomic mass is 32.2. The zero-order valence-corrected chi connectivity index (χ0v) is 19.5. The van der Waals surface area contributed by atoms with Crippen molar-refractivity contribution in [3.05, 3.63) is 40.4 Å². The Morgan fingerprint density at radius 3 is 2.76 bits per heavy atom. The summed E-state index contributed by atoms with van der Waals surface area (Å²) in [5.41, 5.74) is 1.96. The number of aliphatic hydroxyl groups is 2. The van der Waals surface area contributed by atoms with Gasteiger partial charge >= 0.3 is 0 Å². The molecule has 3 rings (SSSR count). The highest BCUT2D eigenvalue weighted by Gasteiger charge is 2.43. The van der Waals surface area contributed by atoms with Crippen LogP contribution >= 0.6 is 0 Å². The van der Waals surface area contributed by atoms with Gasteiger partial charge in [0.2, 0.25) is 0 Å². The van der Waals surface area contributed by atoms with Gasteiger partial charge in [0.05, 0.1) is 29.9 Å². The summed E-state index contributed by atoms with van der Waals surface area (Å²) in [6.07, 6.45) is 1.88. The number of hydrogen-bond acceptors (Lipinski definition) is 8. The molecule has 1 aliphatic rings. The molecule has 1 aromatic carbocycles. The number of nitrogens with zero attached hydrogens (tertiary/aromatic N) is 2. The lowest BCUT2D eigenvalue weighted by Gasteiger charge is -2.25. The van der Waals surface area contributed by atoms with Crippen molar-refractivity contribution in [2.45, 2.75) is 37.2 Å². The first-order chi connectivity index (χ1) is 16.0. The number of nitrogens with one attached hydrogen (secondary N) is 1. The molecule has 0 saturated heterocycles. The Morgan fingerprint density at radius 1 is 1.38 bits per heavy atom. The van der Waals surface area contributed by atoms with Crippen LogP contribution in [0, 0.1) is 35.5 Å². The largest absolute Gasteiger partial charge is 0.394 e. The number of carbonyl (C=O) groups excluding carboxylic acids is 1. The Hall–Kier alpha value is -3.22. The first-order valence-electron chi connectivity index (χ1n) is 10.5. The van der Waals surface area contributed by atoms with E-state index < -0.39 is 32.2 Å². The van der Waals surface area contributed by atoms with E-state index in [1.54, 1.807) is 18.2 Å². The maximum atomic E-state index is 12.8. The normalized spacial score (nSPS) is 19.7. The zero-order chi connectivity index (χ0) is 25.1. The van der Waals surface area contributed by atoms with Gasteiger partial charge in [-0.15, -0.1) is 0 Å². The van der Waals surface area contributed by atoms with Crippen LogP contribution in [0.3, 0.4) is 0 Å². The number of aromatic nitrogens is 2. The predicted octanol–water partition coefficient (Wildman–Crippen LogP) is -0.560. The number of aryl methyl sites for hydroxylation is 1. The minimum Gasteiger partial charge on any atom is -0.394 e. The van der Waals surface area contributed by atoms with Crippen LogP contribution in [0.1, 0.15) is 25.3 Å². The maximum Gasteiger partial charge on any atom is 0.264 e. The van der Waals surface area contributed by atoms with Gasteiger partial charge in [-0.1, -0.05) is 11.8 Å². The highest BCUT2D eigenvalue weighted by Crippen LogP contribution is 2.40. The van der Waals surface area contributed by atoms with Gasteiger partial charge in [-0.2, -0.15) is 0 Å². The summed E-state index contributed by atoms with van der Waals surface area (Å²) in [5, 5.41) is 27.7. The molecule has 4 atom stereocenters. The smallest absolute Gasteiger partial charge is 0.264 e. The Bertz CT molecular complexity index is 1390. The van der Waals surface area contributed by atoms with Crippen LogP contribution < -0.4 is 11.0 Å². The van der Waals surface area contributed by atoms with E-state index in [9.17, 15) is 23.1 Å². The van der Waals surface area contributed by atoms with Crippen LogP contribution in [0.25, 0.3) is 10.9 Å². The average molecular weight is 488 g/mol. The van der Waals surface area contributed by atoms with Gasteiger partial charge in [0.1, 0.15) is 0 Å². The number of hydroxylamine groups is 1. The van der Waals surface area contributed by atoms with Crippen LogP contribution in [-0.4, -0.2) is 63.0 Å². The number of rotatable bonds is 7. The Kier molecular flexibility index (Phi) is 7.44. The molecule has 1 aromatic heterocycles. The van der Waals surface area contributed by atoms with Crippen LogP contribution in [0.4, 0.5) is 0 Å². The molecule has 1 amide bonds. The average Bonchev–Trinajstić information content (AvgIpc) is 3.59. The topological polar surface area (TPSA) is 159 Å². The van der Waals surface area contributed by atoms with Gasteiger partial charge in [-0.05, 0) is 49.8 Å². The summed E-state index contributed by atoms with van der Waals surface area (Å²) in [6.45, 7) is 0.789. The first-order valence-corrected chi connectivity index (χ1v) is 12.3. The molecule has 180 valence electrons. The van der Waals surface area contributed by atoms with Crippen molar-refractivity contribution in [3.63, 3.8) is 0 Å². The van der Waals surface area contributed by atoms with Crippen molar-refractivity contribution in [1.29, 1.82) is 0 Å². The van der Waals surface area contributed by atoms with Gasteiger partial charge < -0.3 is 10.2 Å². The Morgan fingerprint density at radius 2 is 2.12 bits per heavy atom. The van der Waals surface area contributed by atoms with Gasteiger partial charge in [-0.3, -0.25) is 19.4 Å². The van der Waals surface area contributed by atoms with Crippen LogP contribution in [0.15, 0.2) is 29.3 Å². The quantitative estimate of drug-likeness (QED) is 0.230. The lowest BCUT2D eigenvalue weighted by Crippen LogP contribution is -2.50. The molecule has 1 saturated carbocycles. The molecule has 1 aliphatic carbocycles. The second-order valence-corrected chi connectivity index (χ2v) is 10.9. The monoisotopic (exact) mass is 487 g/mol. The summed E-state index contributed by atoms with van der Waals surface area (Å²) in [7, 11) is -3.89. The fourth-order valence-corrected chi connectivity index (χ4v) is 4.33. The van der Waals surface area contributed by atoms with Crippen LogP contribution in [0.5, 0.6) is 0 Å². The summed E-state index contributed by atoms with van der Waals surface area (Å²) in [4.78, 5) is 29.0. The number of carbonyl (C=O) groups is 1. The summed E-state index contributed by atoms with van der Waals surface area (Å²) >= 11 is 0. The Balaban J connectivity index is 1.76. The molecule has 2 aromatic rings. The van der Waals surface area contributed by atoms with E-state index in [1.807, 2.05) is 0 Å². The fraction of sp³-hybridized carbons (Fsp3) is 0.435. The molecule has 0 spiro atoms. The second kappa shape index (κ2) is 9.95. The third kappa shape index (κ3) is 5.29. The van der Waals surface area contributed by atoms with Crippen molar-refractivity contribution in [3.8, 4) is 23.7 Å². The number of aliphatic hydroxyl groups excluding tert-OH is 2. The molecule has 11 heteroatoms. The van der Waals surface area contributed by atoms with E-state index in [0.717, 1.165) is 12.7 Å². The van der Waals surface area contributed by atoms with Gasteiger partial charge in [0, 0.05) is 30.2 Å². The number of hydrogen-bond donors (Lipinski definition) is 4. The third-order valence-electron chi connectivity index (χ3n) is 6.10. The van der Waals surface area contributed by atoms with Crippen molar-refractivity contribution >= 4 is 26.6 Å². The summed E-state index contributed by atoms with van der Waals surface area (Å²) in [5.74, 6) is 10.2. The van der Waals surface area contributed by atoms with E-state index >= 15 is 0 Å². The standard InChI is InChI=1S/C23H25N3O7S/c1-23(22(30)25-31,34(2,32)33)9-10-26-14-24-19-11-15(7-8-17(19)21(26)29)5-3-4-6-16-12-18(16)20(28)13-27/h7-8,11,14,16,18,20,27-28,31H,9-10,12-13H2,1-2H3,(H,25,30)/t16-,18-,20-,23-/m1/s1. The minimum absolute atomic E-state index is 0.0142. The SMILES string of the molecule is C[C@@](CCn1cnc2cc(C#CC#C[C@@H]3C[C@H]3[C@H](O)CO)ccc2c1=O)(C(=O)NO)S(C)(=O)=O. The van der Waals surface area contributed by atoms with Crippen molar-refractivity contribution in [1.82, 2.24) is 15.0 Å². The van der Waals surface area contributed by atoms with Crippen LogP contribution in [0.2, 0.25) is 0 Å². The first kappa shape index (κ1) is 25.4. The molecule has 0 bridgehead atoms.